The van der Waals surface area contributed by atoms with Crippen molar-refractivity contribution in [2.24, 2.45) is 10.3 Å². The maximum atomic E-state index is 13.4. The average molecular weight is 579 g/mol. The van der Waals surface area contributed by atoms with Gasteiger partial charge in [-0.1, -0.05) is 62.4 Å². The molecule has 0 aromatic heterocycles. The van der Waals surface area contributed by atoms with E-state index in [9.17, 15) is 18.0 Å². The number of methoxy groups -OCH3 is 1. The maximum absolute atomic E-state index is 13.4. The van der Waals surface area contributed by atoms with Crippen LogP contribution in [-0.4, -0.2) is 46.2 Å². The summed E-state index contributed by atoms with van der Waals surface area (Å²) in [5.41, 5.74) is 2.89. The van der Waals surface area contributed by atoms with Gasteiger partial charge < -0.3 is 15.4 Å². The number of benzene rings is 3. The van der Waals surface area contributed by atoms with Crippen LogP contribution >= 0.6 is 0 Å². The highest BCUT2D eigenvalue weighted by Gasteiger charge is 2.28. The van der Waals surface area contributed by atoms with Crippen molar-refractivity contribution in [3.63, 3.8) is 0 Å². The second-order valence-electron chi connectivity index (χ2n) is 10.7. The van der Waals surface area contributed by atoms with Crippen LogP contribution in [-0.2, 0) is 26.8 Å². The van der Waals surface area contributed by atoms with E-state index in [-0.39, 0.29) is 29.3 Å². The van der Waals surface area contributed by atoms with E-state index in [0.29, 0.717) is 23.5 Å². The molecule has 0 saturated carbocycles. The SMILES string of the molecule is COc1c(NC(=O)c2cccc(N3CC(C(=O)NCc4ccccc4)N=N3)c2)cc(C(C)(C)C)cc1NS(C)(=O)=O. The van der Waals surface area contributed by atoms with Crippen LogP contribution in [0.2, 0.25) is 0 Å². The lowest BCUT2D eigenvalue weighted by molar-refractivity contribution is -0.122. The molecule has 1 aliphatic heterocycles. The summed E-state index contributed by atoms with van der Waals surface area (Å²) >= 11 is 0. The van der Waals surface area contributed by atoms with Crippen LogP contribution < -0.4 is 25.1 Å². The third-order valence-electron chi connectivity index (χ3n) is 6.37. The lowest BCUT2D eigenvalue weighted by Gasteiger charge is -2.24. The zero-order valence-electron chi connectivity index (χ0n) is 23.6. The summed E-state index contributed by atoms with van der Waals surface area (Å²) in [6.45, 7) is 6.56. The molecule has 2 amide bonds. The summed E-state index contributed by atoms with van der Waals surface area (Å²) in [6.07, 6.45) is 1.05. The maximum Gasteiger partial charge on any atom is 0.255 e. The Labute approximate surface area is 240 Å². The zero-order valence-corrected chi connectivity index (χ0v) is 24.5. The first-order chi connectivity index (χ1) is 19.3. The van der Waals surface area contributed by atoms with Crippen LogP contribution in [0.3, 0.4) is 0 Å². The number of sulfonamides is 1. The van der Waals surface area contributed by atoms with Gasteiger partial charge in [0, 0.05) is 12.1 Å². The number of hydrogen-bond donors (Lipinski definition) is 3. The zero-order chi connectivity index (χ0) is 29.8. The van der Waals surface area contributed by atoms with Crippen LogP contribution in [0, 0.1) is 0 Å². The van der Waals surface area contributed by atoms with Gasteiger partial charge in [0.1, 0.15) is 0 Å². The van der Waals surface area contributed by atoms with Crippen molar-refractivity contribution in [2.45, 2.75) is 38.8 Å². The molecule has 0 fully saturated rings. The minimum absolute atomic E-state index is 0.186. The first kappa shape index (κ1) is 29.5. The van der Waals surface area contributed by atoms with Crippen LogP contribution in [0.25, 0.3) is 0 Å². The molecule has 216 valence electrons. The number of hydrogen-bond acceptors (Lipinski definition) is 8. The van der Waals surface area contributed by atoms with E-state index < -0.39 is 22.0 Å². The topological polar surface area (TPSA) is 142 Å². The lowest BCUT2D eigenvalue weighted by atomic mass is 9.86. The normalized spacial score (nSPS) is 15.0. The van der Waals surface area contributed by atoms with Crippen molar-refractivity contribution >= 4 is 38.9 Å². The van der Waals surface area contributed by atoms with Crippen molar-refractivity contribution in [2.75, 3.05) is 35.0 Å². The molecule has 1 unspecified atom stereocenters. The van der Waals surface area contributed by atoms with Crippen LogP contribution in [0.5, 0.6) is 5.75 Å². The summed E-state index contributed by atoms with van der Waals surface area (Å²) in [5, 5.41) is 15.6. The molecule has 4 rings (SSSR count). The molecule has 3 aromatic carbocycles. The van der Waals surface area contributed by atoms with Crippen molar-refractivity contribution in [3.05, 3.63) is 83.4 Å². The first-order valence-electron chi connectivity index (χ1n) is 13.0. The molecule has 41 heavy (non-hydrogen) atoms. The van der Waals surface area contributed by atoms with Crippen LogP contribution in [0.1, 0.15) is 42.3 Å². The van der Waals surface area contributed by atoms with Gasteiger partial charge in [-0.25, -0.2) is 13.4 Å². The number of amides is 2. The van der Waals surface area contributed by atoms with Gasteiger partial charge in [0.15, 0.2) is 11.8 Å². The van der Waals surface area contributed by atoms with Crippen molar-refractivity contribution in [3.8, 4) is 5.75 Å². The molecule has 12 heteroatoms. The lowest BCUT2D eigenvalue weighted by Crippen LogP contribution is -2.36. The molecule has 0 bridgehead atoms. The van der Waals surface area contributed by atoms with Crippen LogP contribution in [0.4, 0.5) is 17.1 Å². The molecule has 3 N–H and O–H groups in total. The summed E-state index contributed by atoms with van der Waals surface area (Å²) in [7, 11) is -2.21. The Morgan fingerprint density at radius 2 is 1.73 bits per heavy atom. The molecular formula is C29H34N6O5S. The highest BCUT2D eigenvalue weighted by atomic mass is 32.2. The molecule has 0 spiro atoms. The second-order valence-corrected chi connectivity index (χ2v) is 12.5. The van der Waals surface area contributed by atoms with E-state index >= 15 is 0 Å². The number of rotatable bonds is 9. The van der Waals surface area contributed by atoms with Gasteiger partial charge in [0.2, 0.25) is 15.9 Å². The summed E-state index contributed by atoms with van der Waals surface area (Å²) in [4.78, 5) is 26.0. The molecule has 1 atom stereocenters. The Bertz CT molecular complexity index is 1570. The van der Waals surface area contributed by atoms with E-state index in [1.54, 1.807) is 41.4 Å². The minimum Gasteiger partial charge on any atom is -0.492 e. The van der Waals surface area contributed by atoms with E-state index in [0.717, 1.165) is 17.4 Å². The Kier molecular flexibility index (Phi) is 8.62. The van der Waals surface area contributed by atoms with Crippen molar-refractivity contribution in [1.82, 2.24) is 5.32 Å². The third-order valence-corrected chi connectivity index (χ3v) is 6.96. The van der Waals surface area contributed by atoms with Gasteiger partial charge in [-0.15, -0.1) is 0 Å². The van der Waals surface area contributed by atoms with E-state index in [1.807, 2.05) is 51.1 Å². The van der Waals surface area contributed by atoms with Gasteiger partial charge in [0.25, 0.3) is 5.91 Å². The number of ether oxygens (including phenoxy) is 1. The Morgan fingerprint density at radius 1 is 1.02 bits per heavy atom. The Balaban J connectivity index is 1.50. The first-order valence-corrected chi connectivity index (χ1v) is 14.8. The van der Waals surface area contributed by atoms with Crippen molar-refractivity contribution < 1.29 is 22.7 Å². The summed E-state index contributed by atoms with van der Waals surface area (Å²) in [6, 6.07) is 19.1. The summed E-state index contributed by atoms with van der Waals surface area (Å²) < 4.78 is 32.0. The predicted molar refractivity (Wildman–Crippen MR) is 159 cm³/mol. The fraction of sp³-hybridized carbons (Fsp3) is 0.310. The molecule has 1 heterocycles. The van der Waals surface area contributed by atoms with Crippen LogP contribution in [0.15, 0.2) is 77.1 Å². The molecule has 0 saturated heterocycles. The van der Waals surface area contributed by atoms with E-state index in [2.05, 4.69) is 25.7 Å². The molecular weight excluding hydrogens is 544 g/mol. The molecule has 0 radical (unpaired) electrons. The van der Waals surface area contributed by atoms with E-state index in [1.165, 1.54) is 7.11 Å². The minimum atomic E-state index is -3.61. The van der Waals surface area contributed by atoms with Crippen molar-refractivity contribution in [1.29, 1.82) is 0 Å². The second kappa shape index (κ2) is 12.0. The number of nitrogens with zero attached hydrogens (tertiary/aromatic N) is 3. The van der Waals surface area contributed by atoms with Gasteiger partial charge in [-0.2, -0.15) is 5.11 Å². The largest absolute Gasteiger partial charge is 0.492 e. The molecule has 3 aromatic rings. The monoisotopic (exact) mass is 578 g/mol. The highest BCUT2D eigenvalue weighted by Crippen LogP contribution is 2.39. The summed E-state index contributed by atoms with van der Waals surface area (Å²) in [5.74, 6) is -0.487. The van der Waals surface area contributed by atoms with Gasteiger partial charge in [0.05, 0.1) is 37.0 Å². The highest BCUT2D eigenvalue weighted by molar-refractivity contribution is 7.92. The number of anilines is 3. The Morgan fingerprint density at radius 3 is 2.39 bits per heavy atom. The average Bonchev–Trinajstić information content (AvgIpc) is 3.41. The van der Waals surface area contributed by atoms with E-state index in [4.69, 9.17) is 4.74 Å². The number of carbonyl (C=O) groups is 2. The standard InChI is InChI=1S/C29H34N6O5S/c1-29(2,3)21-15-23(26(40-4)24(16-21)33-41(5,38)39)31-27(36)20-12-9-13-22(14-20)35-18-25(32-34-35)28(37)30-17-19-10-7-6-8-11-19/h6-16,25,33H,17-18H2,1-5H3,(H,30,37)(H,31,36). The molecule has 1 aliphatic rings. The third kappa shape index (κ3) is 7.60. The number of carbonyl (C=O) groups excluding carboxylic acids is 2. The Hall–Kier alpha value is -4.45. The van der Waals surface area contributed by atoms with Gasteiger partial charge >= 0.3 is 0 Å². The molecule has 11 nitrogen and oxygen atoms in total. The number of nitrogens with one attached hydrogen (secondary N) is 3. The quantitative estimate of drug-likeness (QED) is 0.342. The van der Waals surface area contributed by atoms with Gasteiger partial charge in [-0.05, 0) is 46.9 Å². The smallest absolute Gasteiger partial charge is 0.255 e. The molecule has 0 aliphatic carbocycles. The predicted octanol–water partition coefficient (Wildman–Crippen LogP) is 4.49. The fourth-order valence-corrected chi connectivity index (χ4v) is 4.76. The fourth-order valence-electron chi connectivity index (χ4n) is 4.21. The van der Waals surface area contributed by atoms with Gasteiger partial charge in [-0.3, -0.25) is 14.3 Å².